The summed E-state index contributed by atoms with van der Waals surface area (Å²) in [6.45, 7) is 5.68. The Labute approximate surface area is 86.8 Å². The van der Waals surface area contributed by atoms with Gasteiger partial charge >= 0.3 is 0 Å². The van der Waals surface area contributed by atoms with Crippen molar-refractivity contribution < 1.29 is 4.79 Å². The van der Waals surface area contributed by atoms with Gasteiger partial charge in [-0.2, -0.15) is 0 Å². The molecule has 0 saturated heterocycles. The molecule has 14 heavy (non-hydrogen) atoms. The summed E-state index contributed by atoms with van der Waals surface area (Å²) in [6, 6.07) is 0. The molecule has 0 aliphatic heterocycles. The van der Waals surface area contributed by atoms with Gasteiger partial charge in [-0.15, -0.1) is 0 Å². The maximum atomic E-state index is 11.3. The van der Waals surface area contributed by atoms with Crippen LogP contribution in [0.25, 0.3) is 0 Å². The molecule has 0 heterocycles. The van der Waals surface area contributed by atoms with Crippen molar-refractivity contribution in [3.63, 3.8) is 0 Å². The van der Waals surface area contributed by atoms with Crippen LogP contribution >= 0.6 is 0 Å². The standard InChI is InChI=1S/C12H21NO/c1-3-8-12(13-11(14)4-2)9-6-5-7-10-12/h4H,2-3,5-10H2,1H3,(H,13,14). The average molecular weight is 195 g/mol. The summed E-state index contributed by atoms with van der Waals surface area (Å²) in [5, 5.41) is 3.13. The van der Waals surface area contributed by atoms with Gasteiger partial charge in [-0.3, -0.25) is 4.79 Å². The Kier molecular flexibility index (Phi) is 4.18. The molecule has 0 spiro atoms. The van der Waals surface area contributed by atoms with Crippen LogP contribution in [-0.2, 0) is 4.79 Å². The van der Waals surface area contributed by atoms with E-state index in [0.717, 1.165) is 25.7 Å². The molecule has 1 rings (SSSR count). The van der Waals surface area contributed by atoms with Gasteiger partial charge in [-0.25, -0.2) is 0 Å². The Morgan fingerprint density at radius 2 is 2.07 bits per heavy atom. The third kappa shape index (κ3) is 2.86. The number of carbonyl (C=O) groups is 1. The molecule has 2 nitrogen and oxygen atoms in total. The van der Waals surface area contributed by atoms with Crippen molar-refractivity contribution in [2.75, 3.05) is 0 Å². The highest BCUT2D eigenvalue weighted by atomic mass is 16.1. The molecule has 0 bridgehead atoms. The lowest BCUT2D eigenvalue weighted by Crippen LogP contribution is -2.49. The normalized spacial score (nSPS) is 20.1. The van der Waals surface area contributed by atoms with E-state index in [2.05, 4.69) is 18.8 Å². The van der Waals surface area contributed by atoms with E-state index in [0.29, 0.717) is 0 Å². The molecule has 0 unspecified atom stereocenters. The number of nitrogens with one attached hydrogen (secondary N) is 1. The summed E-state index contributed by atoms with van der Waals surface area (Å²) < 4.78 is 0. The fourth-order valence-electron chi connectivity index (χ4n) is 2.46. The summed E-state index contributed by atoms with van der Waals surface area (Å²) in [6.07, 6.45) is 9.71. The van der Waals surface area contributed by atoms with Gasteiger partial charge in [0.2, 0.25) is 5.91 Å². The number of hydrogen-bond donors (Lipinski definition) is 1. The van der Waals surface area contributed by atoms with Gasteiger partial charge in [0.15, 0.2) is 0 Å². The van der Waals surface area contributed by atoms with Crippen molar-refractivity contribution in [2.24, 2.45) is 0 Å². The summed E-state index contributed by atoms with van der Waals surface area (Å²) in [5.41, 5.74) is 0.0816. The van der Waals surface area contributed by atoms with E-state index in [1.807, 2.05) is 0 Å². The van der Waals surface area contributed by atoms with Crippen molar-refractivity contribution in [2.45, 2.75) is 57.4 Å². The molecule has 0 radical (unpaired) electrons. The molecule has 2 heteroatoms. The monoisotopic (exact) mass is 195 g/mol. The van der Waals surface area contributed by atoms with Crippen LogP contribution in [0.2, 0.25) is 0 Å². The molecule has 1 aliphatic carbocycles. The Bertz CT molecular complexity index is 199. The number of amides is 1. The maximum Gasteiger partial charge on any atom is 0.243 e. The maximum absolute atomic E-state index is 11.3. The van der Waals surface area contributed by atoms with Crippen LogP contribution in [0.3, 0.4) is 0 Å². The lowest BCUT2D eigenvalue weighted by Gasteiger charge is -2.37. The van der Waals surface area contributed by atoms with E-state index in [9.17, 15) is 4.79 Å². The van der Waals surface area contributed by atoms with Crippen molar-refractivity contribution >= 4 is 5.91 Å². The minimum Gasteiger partial charge on any atom is -0.347 e. The molecular weight excluding hydrogens is 174 g/mol. The second-order valence-corrected chi connectivity index (χ2v) is 4.28. The van der Waals surface area contributed by atoms with Gasteiger partial charge in [0.05, 0.1) is 0 Å². The number of hydrogen-bond acceptors (Lipinski definition) is 1. The van der Waals surface area contributed by atoms with Crippen molar-refractivity contribution in [3.8, 4) is 0 Å². The number of rotatable bonds is 4. The van der Waals surface area contributed by atoms with E-state index in [4.69, 9.17) is 0 Å². The molecule has 0 aromatic heterocycles. The van der Waals surface area contributed by atoms with Gasteiger partial charge < -0.3 is 5.32 Å². The van der Waals surface area contributed by atoms with E-state index in [1.165, 1.54) is 25.3 Å². The lowest BCUT2D eigenvalue weighted by atomic mass is 9.78. The second-order valence-electron chi connectivity index (χ2n) is 4.28. The zero-order chi connectivity index (χ0) is 10.4. The molecule has 1 N–H and O–H groups in total. The smallest absolute Gasteiger partial charge is 0.243 e. The topological polar surface area (TPSA) is 29.1 Å². The SMILES string of the molecule is C=CC(=O)NC1(CCC)CCCCC1. The van der Waals surface area contributed by atoms with Crippen molar-refractivity contribution in [3.05, 3.63) is 12.7 Å². The first kappa shape index (κ1) is 11.3. The van der Waals surface area contributed by atoms with Crippen LogP contribution in [0, 0.1) is 0 Å². The first-order valence-corrected chi connectivity index (χ1v) is 5.67. The summed E-state index contributed by atoms with van der Waals surface area (Å²) >= 11 is 0. The van der Waals surface area contributed by atoms with E-state index in [1.54, 1.807) is 0 Å². The van der Waals surface area contributed by atoms with Crippen molar-refractivity contribution in [1.82, 2.24) is 5.32 Å². The zero-order valence-electron chi connectivity index (χ0n) is 9.14. The highest BCUT2D eigenvalue weighted by Crippen LogP contribution is 2.31. The van der Waals surface area contributed by atoms with Gasteiger partial charge in [0, 0.05) is 5.54 Å². The third-order valence-corrected chi connectivity index (χ3v) is 3.11. The molecule has 1 saturated carbocycles. The molecule has 1 fully saturated rings. The van der Waals surface area contributed by atoms with Gasteiger partial charge in [0.25, 0.3) is 0 Å². The van der Waals surface area contributed by atoms with Crippen LogP contribution in [0.1, 0.15) is 51.9 Å². The predicted octanol–water partition coefficient (Wildman–Crippen LogP) is 2.79. The first-order valence-electron chi connectivity index (χ1n) is 5.67. The van der Waals surface area contributed by atoms with Crippen LogP contribution in [0.4, 0.5) is 0 Å². The molecule has 0 aromatic rings. The van der Waals surface area contributed by atoms with Crippen LogP contribution in [-0.4, -0.2) is 11.4 Å². The van der Waals surface area contributed by atoms with Gasteiger partial charge in [-0.1, -0.05) is 39.2 Å². The molecule has 1 aliphatic rings. The van der Waals surface area contributed by atoms with Crippen LogP contribution < -0.4 is 5.32 Å². The highest BCUT2D eigenvalue weighted by Gasteiger charge is 2.31. The Balaban J connectivity index is 2.59. The summed E-state index contributed by atoms with van der Waals surface area (Å²) in [5.74, 6) is -0.0136. The Morgan fingerprint density at radius 1 is 1.43 bits per heavy atom. The average Bonchev–Trinajstić information content (AvgIpc) is 2.19. The predicted molar refractivity (Wildman–Crippen MR) is 59.1 cm³/mol. The van der Waals surface area contributed by atoms with Crippen LogP contribution in [0.5, 0.6) is 0 Å². The zero-order valence-corrected chi connectivity index (χ0v) is 9.14. The highest BCUT2D eigenvalue weighted by molar-refractivity contribution is 5.87. The quantitative estimate of drug-likeness (QED) is 0.687. The summed E-state index contributed by atoms with van der Waals surface area (Å²) in [4.78, 5) is 11.3. The van der Waals surface area contributed by atoms with Crippen LogP contribution in [0.15, 0.2) is 12.7 Å². The summed E-state index contributed by atoms with van der Waals surface area (Å²) in [7, 11) is 0. The fraction of sp³-hybridized carbons (Fsp3) is 0.750. The number of carbonyl (C=O) groups excluding carboxylic acids is 1. The van der Waals surface area contributed by atoms with Gasteiger partial charge in [0.1, 0.15) is 0 Å². The van der Waals surface area contributed by atoms with E-state index < -0.39 is 0 Å². The van der Waals surface area contributed by atoms with E-state index >= 15 is 0 Å². The first-order chi connectivity index (χ1) is 6.72. The minimum absolute atomic E-state index is 0.0136. The Hall–Kier alpha value is -0.790. The fourth-order valence-corrected chi connectivity index (χ4v) is 2.46. The molecular formula is C12H21NO. The molecule has 0 aromatic carbocycles. The van der Waals surface area contributed by atoms with Gasteiger partial charge in [-0.05, 0) is 25.3 Å². The van der Waals surface area contributed by atoms with E-state index in [-0.39, 0.29) is 11.4 Å². The van der Waals surface area contributed by atoms with Crippen molar-refractivity contribution in [1.29, 1.82) is 0 Å². The molecule has 0 atom stereocenters. The minimum atomic E-state index is -0.0136. The molecule has 80 valence electrons. The lowest BCUT2D eigenvalue weighted by molar-refractivity contribution is -0.118. The Morgan fingerprint density at radius 3 is 2.57 bits per heavy atom. The third-order valence-electron chi connectivity index (χ3n) is 3.11. The largest absolute Gasteiger partial charge is 0.347 e. The second kappa shape index (κ2) is 5.18. The molecule has 1 amide bonds.